The molecule has 0 heterocycles. The number of carbonyl (C=O) groups excluding carboxylic acids is 4. The van der Waals surface area contributed by atoms with Gasteiger partial charge in [0.2, 0.25) is 5.91 Å². The number of ether oxygens (including phenoxy) is 3. The monoisotopic (exact) mass is 374 g/mol. The van der Waals surface area contributed by atoms with Gasteiger partial charge in [-0.05, 0) is 33.1 Å². The predicted octanol–water partition coefficient (Wildman–Crippen LogP) is 1.15. The standard InChI is InChI=1S/C17H30N2O7/c1-10(2)13(19-16(23)26-17(3,4)5)14(21)18-11(15(22)25-7)8-9-12(20)24-6/h10-11,13H,8-9H2,1-7H3,(H,18,21)(H,19,23)/t11-,13-/m0/s1. The number of amides is 2. The highest BCUT2D eigenvalue weighted by Crippen LogP contribution is 2.10. The van der Waals surface area contributed by atoms with Gasteiger partial charge in [0.05, 0.1) is 14.2 Å². The van der Waals surface area contributed by atoms with Crippen molar-refractivity contribution in [3.05, 3.63) is 0 Å². The molecule has 0 saturated heterocycles. The Bertz CT molecular complexity index is 512. The maximum atomic E-state index is 12.5. The van der Waals surface area contributed by atoms with E-state index in [1.807, 2.05) is 0 Å². The highest BCUT2D eigenvalue weighted by atomic mass is 16.6. The van der Waals surface area contributed by atoms with Gasteiger partial charge in [0.15, 0.2) is 0 Å². The van der Waals surface area contributed by atoms with Crippen molar-refractivity contribution in [3.8, 4) is 0 Å². The van der Waals surface area contributed by atoms with Crippen LogP contribution in [-0.4, -0.2) is 55.8 Å². The first kappa shape index (κ1) is 23.7. The van der Waals surface area contributed by atoms with Crippen LogP contribution in [-0.2, 0) is 28.6 Å². The van der Waals surface area contributed by atoms with Crippen LogP contribution in [0.5, 0.6) is 0 Å². The van der Waals surface area contributed by atoms with Crippen molar-refractivity contribution in [1.82, 2.24) is 10.6 Å². The van der Waals surface area contributed by atoms with Crippen molar-refractivity contribution in [2.45, 2.75) is 65.1 Å². The lowest BCUT2D eigenvalue weighted by molar-refractivity contribution is -0.146. The highest BCUT2D eigenvalue weighted by Gasteiger charge is 2.30. The van der Waals surface area contributed by atoms with Gasteiger partial charge in [-0.3, -0.25) is 9.59 Å². The Hall–Kier alpha value is -2.32. The van der Waals surface area contributed by atoms with E-state index in [-0.39, 0.29) is 18.8 Å². The van der Waals surface area contributed by atoms with Crippen LogP contribution in [0.2, 0.25) is 0 Å². The summed E-state index contributed by atoms with van der Waals surface area (Å²) in [5.41, 5.74) is -0.711. The van der Waals surface area contributed by atoms with E-state index in [1.165, 1.54) is 14.2 Å². The minimum atomic E-state index is -1.03. The Kier molecular flexibility index (Phi) is 9.67. The number of hydrogen-bond donors (Lipinski definition) is 2. The predicted molar refractivity (Wildman–Crippen MR) is 93.2 cm³/mol. The number of methoxy groups -OCH3 is 2. The summed E-state index contributed by atoms with van der Waals surface area (Å²) in [6.07, 6.45) is -0.791. The third-order valence-corrected chi connectivity index (χ3v) is 3.29. The van der Waals surface area contributed by atoms with E-state index in [9.17, 15) is 19.2 Å². The quantitative estimate of drug-likeness (QED) is 0.483. The Labute approximate surface area is 154 Å². The molecule has 0 aliphatic rings. The number of esters is 2. The van der Waals surface area contributed by atoms with E-state index >= 15 is 0 Å². The van der Waals surface area contributed by atoms with Gasteiger partial charge in [-0.2, -0.15) is 0 Å². The molecule has 0 saturated carbocycles. The second kappa shape index (κ2) is 10.6. The van der Waals surface area contributed by atoms with Gasteiger partial charge in [-0.25, -0.2) is 9.59 Å². The first-order valence-corrected chi connectivity index (χ1v) is 8.35. The average molecular weight is 374 g/mol. The summed E-state index contributed by atoms with van der Waals surface area (Å²) in [5, 5.41) is 5.00. The first-order valence-electron chi connectivity index (χ1n) is 8.35. The van der Waals surface area contributed by atoms with E-state index in [4.69, 9.17) is 4.74 Å². The van der Waals surface area contributed by atoms with Gasteiger partial charge >= 0.3 is 18.0 Å². The maximum Gasteiger partial charge on any atom is 0.408 e. The molecular formula is C17H30N2O7. The summed E-state index contributed by atoms with van der Waals surface area (Å²) in [7, 11) is 2.41. The molecular weight excluding hydrogens is 344 g/mol. The molecule has 0 bridgehead atoms. The summed E-state index contributed by atoms with van der Waals surface area (Å²) in [6.45, 7) is 8.60. The molecule has 26 heavy (non-hydrogen) atoms. The molecule has 2 atom stereocenters. The van der Waals surface area contributed by atoms with Gasteiger partial charge in [0, 0.05) is 6.42 Å². The molecule has 2 amide bonds. The minimum Gasteiger partial charge on any atom is -0.469 e. The third-order valence-electron chi connectivity index (χ3n) is 3.29. The van der Waals surface area contributed by atoms with Crippen molar-refractivity contribution in [2.24, 2.45) is 5.92 Å². The van der Waals surface area contributed by atoms with Gasteiger partial charge < -0.3 is 24.8 Å². The van der Waals surface area contributed by atoms with Crippen LogP contribution in [0.1, 0.15) is 47.5 Å². The van der Waals surface area contributed by atoms with Crippen LogP contribution in [0.3, 0.4) is 0 Å². The lowest BCUT2D eigenvalue weighted by atomic mass is 10.0. The van der Waals surface area contributed by atoms with E-state index < -0.39 is 41.6 Å². The highest BCUT2D eigenvalue weighted by molar-refractivity contribution is 5.90. The molecule has 0 aliphatic heterocycles. The molecule has 9 nitrogen and oxygen atoms in total. The number of rotatable bonds is 8. The van der Waals surface area contributed by atoms with E-state index in [1.54, 1.807) is 34.6 Å². The average Bonchev–Trinajstić information content (AvgIpc) is 2.53. The number of nitrogens with one attached hydrogen (secondary N) is 2. The molecule has 150 valence electrons. The molecule has 0 aromatic carbocycles. The van der Waals surface area contributed by atoms with E-state index in [0.717, 1.165) is 0 Å². The lowest BCUT2D eigenvalue weighted by Gasteiger charge is -2.26. The third kappa shape index (κ3) is 9.24. The van der Waals surface area contributed by atoms with Crippen molar-refractivity contribution in [1.29, 1.82) is 0 Å². The zero-order chi connectivity index (χ0) is 20.5. The summed E-state index contributed by atoms with van der Waals surface area (Å²) < 4.78 is 14.3. The molecule has 0 aromatic heterocycles. The number of alkyl carbamates (subject to hydrolysis) is 1. The number of hydrogen-bond acceptors (Lipinski definition) is 7. The minimum absolute atomic E-state index is 0.0162. The van der Waals surface area contributed by atoms with Crippen molar-refractivity contribution in [2.75, 3.05) is 14.2 Å². The normalized spacial score (nSPS) is 13.4. The van der Waals surface area contributed by atoms with Crippen LogP contribution in [0, 0.1) is 5.92 Å². The van der Waals surface area contributed by atoms with Crippen LogP contribution in [0.25, 0.3) is 0 Å². The molecule has 0 aromatic rings. The first-order chi connectivity index (χ1) is 11.9. The van der Waals surface area contributed by atoms with Crippen molar-refractivity contribution >= 4 is 23.9 Å². The summed E-state index contributed by atoms with van der Waals surface area (Å²) in [4.78, 5) is 47.6. The maximum absolute atomic E-state index is 12.5. The SMILES string of the molecule is COC(=O)CC[C@H](NC(=O)[C@@H](NC(=O)OC(C)(C)C)C(C)C)C(=O)OC. The molecule has 0 radical (unpaired) electrons. The molecule has 9 heteroatoms. The van der Waals surface area contributed by atoms with Gasteiger partial charge in [-0.1, -0.05) is 13.8 Å². The second-order valence-corrected chi connectivity index (χ2v) is 7.07. The number of carbonyl (C=O) groups is 4. The van der Waals surface area contributed by atoms with Crippen LogP contribution >= 0.6 is 0 Å². The lowest BCUT2D eigenvalue weighted by Crippen LogP contribution is -2.54. The molecule has 0 fully saturated rings. The van der Waals surface area contributed by atoms with E-state index in [2.05, 4.69) is 20.1 Å². The summed E-state index contributed by atoms with van der Waals surface area (Å²) in [6, 6.07) is -1.96. The Morgan fingerprint density at radius 3 is 1.96 bits per heavy atom. The van der Waals surface area contributed by atoms with Crippen LogP contribution < -0.4 is 10.6 Å². The van der Waals surface area contributed by atoms with Crippen molar-refractivity contribution in [3.63, 3.8) is 0 Å². The summed E-state index contributed by atoms with van der Waals surface area (Å²) in [5.74, 6) is -2.05. The molecule has 0 spiro atoms. The fourth-order valence-electron chi connectivity index (χ4n) is 1.99. The molecule has 0 aliphatic carbocycles. The smallest absolute Gasteiger partial charge is 0.408 e. The molecule has 2 N–H and O–H groups in total. The second-order valence-electron chi connectivity index (χ2n) is 7.07. The van der Waals surface area contributed by atoms with Gasteiger partial charge in [0.1, 0.15) is 17.7 Å². The summed E-state index contributed by atoms with van der Waals surface area (Å²) >= 11 is 0. The van der Waals surface area contributed by atoms with Crippen LogP contribution in [0.15, 0.2) is 0 Å². The van der Waals surface area contributed by atoms with Crippen molar-refractivity contribution < 1.29 is 33.4 Å². The molecule has 0 unspecified atom stereocenters. The largest absolute Gasteiger partial charge is 0.469 e. The zero-order valence-corrected chi connectivity index (χ0v) is 16.5. The Balaban J connectivity index is 5.04. The Morgan fingerprint density at radius 2 is 1.54 bits per heavy atom. The molecule has 0 rings (SSSR count). The fraction of sp³-hybridized carbons (Fsp3) is 0.765. The van der Waals surface area contributed by atoms with Gasteiger partial charge in [-0.15, -0.1) is 0 Å². The van der Waals surface area contributed by atoms with Gasteiger partial charge in [0.25, 0.3) is 0 Å². The van der Waals surface area contributed by atoms with E-state index in [0.29, 0.717) is 0 Å². The fourth-order valence-corrected chi connectivity index (χ4v) is 1.99. The van der Waals surface area contributed by atoms with Crippen LogP contribution in [0.4, 0.5) is 4.79 Å². The topological polar surface area (TPSA) is 120 Å². The Morgan fingerprint density at radius 1 is 0.962 bits per heavy atom. The zero-order valence-electron chi connectivity index (χ0n) is 16.5.